The first kappa shape index (κ1) is 9.95. The summed E-state index contributed by atoms with van der Waals surface area (Å²) < 4.78 is 4.43. The average molecular weight is 198 g/mol. The van der Waals surface area contributed by atoms with E-state index in [1.165, 1.54) is 24.5 Å². The van der Waals surface area contributed by atoms with Gasteiger partial charge in [0.1, 0.15) is 0 Å². The minimum absolute atomic E-state index is 0.0303. The number of carbonyl (C=O) groups excluding carboxylic acids is 1. The predicted octanol–water partition coefficient (Wildman–Crippen LogP) is 1.43. The fraction of sp³-hybridized carbons (Fsp3) is 0.222. The van der Waals surface area contributed by atoms with Crippen LogP contribution in [0.1, 0.15) is 10.4 Å². The minimum atomic E-state index is -0.376. The highest BCUT2D eigenvalue weighted by Gasteiger charge is 1.96. The largest absolute Gasteiger partial charge is 0.466 e. The number of thiophene rings is 1. The van der Waals surface area contributed by atoms with Crippen molar-refractivity contribution in [2.75, 3.05) is 7.11 Å². The Kier molecular flexibility index (Phi) is 3.67. The van der Waals surface area contributed by atoms with Gasteiger partial charge >= 0.3 is 5.97 Å². The quantitative estimate of drug-likeness (QED) is 0.590. The molecule has 1 rings (SSSR count). The molecule has 70 valence electrons. The molecule has 0 saturated carbocycles. The zero-order valence-corrected chi connectivity index (χ0v) is 8.00. The maximum absolute atomic E-state index is 10.7. The second-order valence-electron chi connectivity index (χ2n) is 2.37. The number of methoxy groups -OCH3 is 1. The number of hydrogen-bond donors (Lipinski definition) is 1. The van der Waals surface area contributed by atoms with Crippen LogP contribution >= 0.6 is 11.3 Å². The van der Waals surface area contributed by atoms with E-state index < -0.39 is 0 Å². The normalized spacial score (nSPS) is 10.6. The number of rotatable bonds is 3. The van der Waals surface area contributed by atoms with Crippen molar-refractivity contribution in [2.24, 2.45) is 0 Å². The number of hydrogen-bond acceptors (Lipinski definition) is 4. The Morgan fingerprint density at radius 3 is 3.08 bits per heavy atom. The van der Waals surface area contributed by atoms with Gasteiger partial charge in [-0.05, 0) is 23.1 Å². The van der Waals surface area contributed by atoms with E-state index in [9.17, 15) is 4.79 Å². The monoisotopic (exact) mass is 198 g/mol. The van der Waals surface area contributed by atoms with E-state index in [4.69, 9.17) is 5.11 Å². The van der Waals surface area contributed by atoms with Gasteiger partial charge < -0.3 is 9.84 Å². The summed E-state index contributed by atoms with van der Waals surface area (Å²) >= 11 is 1.47. The Labute approximate surface area is 80.3 Å². The van der Waals surface area contributed by atoms with Gasteiger partial charge in [-0.1, -0.05) is 0 Å². The topological polar surface area (TPSA) is 46.5 Å². The van der Waals surface area contributed by atoms with Crippen LogP contribution in [-0.2, 0) is 16.1 Å². The molecule has 0 fully saturated rings. The molecule has 1 N–H and O–H groups in total. The first-order valence-corrected chi connectivity index (χ1v) is 4.58. The van der Waals surface area contributed by atoms with Crippen molar-refractivity contribution in [1.82, 2.24) is 0 Å². The maximum atomic E-state index is 10.7. The summed E-state index contributed by atoms with van der Waals surface area (Å²) in [6.45, 7) is 0.0303. The summed E-state index contributed by atoms with van der Waals surface area (Å²) in [6.07, 6.45) is 3.02. The smallest absolute Gasteiger partial charge is 0.330 e. The van der Waals surface area contributed by atoms with E-state index >= 15 is 0 Å². The van der Waals surface area contributed by atoms with Crippen LogP contribution in [0.15, 0.2) is 17.5 Å². The Hall–Kier alpha value is -1.13. The van der Waals surface area contributed by atoms with E-state index in [0.29, 0.717) is 0 Å². The van der Waals surface area contributed by atoms with Gasteiger partial charge in [-0.25, -0.2) is 4.79 Å². The lowest BCUT2D eigenvalue weighted by Crippen LogP contribution is -1.92. The molecule has 0 unspecified atom stereocenters. The van der Waals surface area contributed by atoms with Crippen LogP contribution < -0.4 is 0 Å². The van der Waals surface area contributed by atoms with Gasteiger partial charge in [-0.2, -0.15) is 0 Å². The van der Waals surface area contributed by atoms with Gasteiger partial charge in [0.05, 0.1) is 13.7 Å². The van der Waals surface area contributed by atoms with E-state index in [2.05, 4.69) is 4.74 Å². The fourth-order valence-electron chi connectivity index (χ4n) is 0.783. The van der Waals surface area contributed by atoms with Gasteiger partial charge in [0, 0.05) is 11.0 Å². The second-order valence-corrected chi connectivity index (χ2v) is 3.31. The number of aliphatic hydroxyl groups is 1. The van der Waals surface area contributed by atoms with Gasteiger partial charge in [0.25, 0.3) is 0 Å². The van der Waals surface area contributed by atoms with Gasteiger partial charge in [-0.3, -0.25) is 0 Å². The predicted molar refractivity (Wildman–Crippen MR) is 51.3 cm³/mol. The summed E-state index contributed by atoms with van der Waals surface area (Å²) in [6, 6.07) is 1.82. The molecule has 0 bridgehead atoms. The van der Waals surface area contributed by atoms with E-state index in [1.807, 2.05) is 11.4 Å². The fourth-order valence-corrected chi connectivity index (χ4v) is 1.58. The second kappa shape index (κ2) is 4.79. The maximum Gasteiger partial charge on any atom is 0.330 e. The SMILES string of the molecule is COC(=O)C=Cc1cc(CO)cs1. The van der Waals surface area contributed by atoms with Crippen LogP contribution in [0.5, 0.6) is 0 Å². The molecule has 0 spiro atoms. The molecule has 13 heavy (non-hydrogen) atoms. The summed E-state index contributed by atoms with van der Waals surface area (Å²) in [5.41, 5.74) is 0.856. The number of ether oxygens (including phenoxy) is 1. The number of carbonyl (C=O) groups is 1. The zero-order chi connectivity index (χ0) is 9.68. The van der Waals surface area contributed by atoms with Crippen LogP contribution in [0.25, 0.3) is 6.08 Å². The summed E-state index contributed by atoms with van der Waals surface area (Å²) in [4.78, 5) is 11.6. The Balaban J connectivity index is 2.63. The molecule has 0 aliphatic rings. The third-order valence-electron chi connectivity index (χ3n) is 1.44. The molecular weight excluding hydrogens is 188 g/mol. The standard InChI is InChI=1S/C9H10O3S/c1-12-9(11)3-2-8-4-7(5-10)6-13-8/h2-4,6,10H,5H2,1H3. The number of esters is 1. The third kappa shape index (κ3) is 3.01. The first-order chi connectivity index (χ1) is 6.26. The van der Waals surface area contributed by atoms with Crippen molar-refractivity contribution in [3.05, 3.63) is 28.0 Å². The molecule has 3 nitrogen and oxygen atoms in total. The van der Waals surface area contributed by atoms with E-state index in [0.717, 1.165) is 10.4 Å². The average Bonchev–Trinajstić information content (AvgIpc) is 2.61. The van der Waals surface area contributed by atoms with Crippen LogP contribution in [0, 0.1) is 0 Å². The Bertz CT molecular complexity index is 314. The van der Waals surface area contributed by atoms with Crippen molar-refractivity contribution in [1.29, 1.82) is 0 Å². The Morgan fingerprint density at radius 2 is 2.54 bits per heavy atom. The van der Waals surface area contributed by atoms with E-state index in [1.54, 1.807) is 6.08 Å². The third-order valence-corrected chi connectivity index (χ3v) is 2.39. The molecule has 0 saturated heterocycles. The van der Waals surface area contributed by atoms with E-state index in [-0.39, 0.29) is 12.6 Å². The van der Waals surface area contributed by atoms with Crippen molar-refractivity contribution in [2.45, 2.75) is 6.61 Å². The lowest BCUT2D eigenvalue weighted by Gasteiger charge is -1.87. The highest BCUT2D eigenvalue weighted by Crippen LogP contribution is 2.15. The molecule has 0 amide bonds. The summed E-state index contributed by atoms with van der Waals surface area (Å²) in [7, 11) is 1.33. The molecule has 1 heterocycles. The van der Waals surface area contributed by atoms with Crippen molar-refractivity contribution < 1.29 is 14.6 Å². The molecule has 0 atom stereocenters. The molecule has 1 aromatic rings. The zero-order valence-electron chi connectivity index (χ0n) is 7.19. The molecule has 0 aliphatic heterocycles. The van der Waals surface area contributed by atoms with Crippen LogP contribution in [0.2, 0.25) is 0 Å². The minimum Gasteiger partial charge on any atom is -0.466 e. The molecule has 0 aromatic carbocycles. The highest BCUT2D eigenvalue weighted by atomic mass is 32.1. The van der Waals surface area contributed by atoms with Crippen molar-refractivity contribution in [3.63, 3.8) is 0 Å². The molecule has 0 aliphatic carbocycles. The van der Waals surface area contributed by atoms with Gasteiger partial charge in [0.15, 0.2) is 0 Å². The molecular formula is C9H10O3S. The summed E-state index contributed by atoms with van der Waals surface area (Å²) in [5.74, 6) is -0.376. The van der Waals surface area contributed by atoms with Gasteiger partial charge in [0.2, 0.25) is 0 Å². The molecule has 4 heteroatoms. The van der Waals surface area contributed by atoms with Crippen LogP contribution in [-0.4, -0.2) is 18.2 Å². The Morgan fingerprint density at radius 1 is 1.77 bits per heavy atom. The highest BCUT2D eigenvalue weighted by molar-refractivity contribution is 7.11. The summed E-state index contributed by atoms with van der Waals surface area (Å²) in [5, 5.41) is 10.6. The lowest BCUT2D eigenvalue weighted by molar-refractivity contribution is -0.134. The lowest BCUT2D eigenvalue weighted by atomic mass is 10.3. The van der Waals surface area contributed by atoms with Crippen molar-refractivity contribution in [3.8, 4) is 0 Å². The molecule has 1 aromatic heterocycles. The molecule has 0 radical (unpaired) electrons. The van der Waals surface area contributed by atoms with Crippen LogP contribution in [0.3, 0.4) is 0 Å². The van der Waals surface area contributed by atoms with Gasteiger partial charge in [-0.15, -0.1) is 11.3 Å². The van der Waals surface area contributed by atoms with Crippen LogP contribution in [0.4, 0.5) is 0 Å². The van der Waals surface area contributed by atoms with Crippen molar-refractivity contribution >= 4 is 23.4 Å². The first-order valence-electron chi connectivity index (χ1n) is 3.70. The number of aliphatic hydroxyl groups excluding tert-OH is 1.